The van der Waals surface area contributed by atoms with Gasteiger partial charge in [0, 0.05) is 37.6 Å². The molecule has 0 bridgehead atoms. The van der Waals surface area contributed by atoms with Crippen LogP contribution in [0.15, 0.2) is 64.7 Å². The number of nitrogens with zero attached hydrogens (tertiary/aromatic N) is 3. The molecule has 7 nitrogen and oxygen atoms in total. The van der Waals surface area contributed by atoms with Crippen LogP contribution in [0, 0.1) is 0 Å². The number of hydrogen-bond acceptors (Lipinski definition) is 7. The van der Waals surface area contributed by atoms with Crippen LogP contribution in [0.1, 0.15) is 22.3 Å². The lowest BCUT2D eigenvalue weighted by atomic mass is 10.1. The average Bonchev–Trinajstić information content (AvgIpc) is 2.83. The Hall–Kier alpha value is -3.23. The van der Waals surface area contributed by atoms with Crippen LogP contribution in [0.3, 0.4) is 0 Å². The Labute approximate surface area is 189 Å². The quantitative estimate of drug-likeness (QED) is 0.174. The third-order valence-corrected chi connectivity index (χ3v) is 6.17. The summed E-state index contributed by atoms with van der Waals surface area (Å²) in [4.78, 5) is 34.5. The molecule has 4 rings (SSSR count). The number of para-hydroxylation sites is 1. The largest absolute Gasteiger partial charge is 0.465 e. The monoisotopic (exact) mass is 449 g/mol. The van der Waals surface area contributed by atoms with Crippen LogP contribution < -0.4 is 5.56 Å². The summed E-state index contributed by atoms with van der Waals surface area (Å²) in [6.45, 7) is 1.04. The summed E-state index contributed by atoms with van der Waals surface area (Å²) in [6.07, 6.45) is 2.47. The molecule has 0 N–H and O–H groups in total. The smallest absolute Gasteiger partial charge is 0.337 e. The molecule has 0 amide bonds. The van der Waals surface area contributed by atoms with Gasteiger partial charge in [-0.05, 0) is 36.2 Å². The van der Waals surface area contributed by atoms with Crippen molar-refractivity contribution in [3.05, 3.63) is 76.2 Å². The van der Waals surface area contributed by atoms with Crippen LogP contribution in [0.5, 0.6) is 0 Å². The Morgan fingerprint density at radius 3 is 2.78 bits per heavy atom. The number of fused-ring (bicyclic) bond motifs is 2. The zero-order valence-corrected chi connectivity index (χ0v) is 18.7. The van der Waals surface area contributed by atoms with E-state index in [2.05, 4.69) is 4.98 Å². The summed E-state index contributed by atoms with van der Waals surface area (Å²) in [7, 11) is 2.96. The Balaban J connectivity index is 1.74. The van der Waals surface area contributed by atoms with Crippen molar-refractivity contribution in [3.63, 3.8) is 0 Å². The lowest BCUT2D eigenvalue weighted by Gasteiger charge is -2.14. The third-order valence-electron chi connectivity index (χ3n) is 5.14. The molecular formula is C24H23N3O4S. The Kier molecular flexibility index (Phi) is 6.82. The van der Waals surface area contributed by atoms with E-state index in [1.165, 1.54) is 18.9 Å². The summed E-state index contributed by atoms with van der Waals surface area (Å²) >= 11 is 1.48. The van der Waals surface area contributed by atoms with E-state index in [0.29, 0.717) is 46.9 Å². The number of thioether (sulfide) groups is 1. The fourth-order valence-corrected chi connectivity index (χ4v) is 4.56. The van der Waals surface area contributed by atoms with Gasteiger partial charge in [0.05, 0.1) is 29.1 Å². The predicted octanol–water partition coefficient (Wildman–Crippen LogP) is 4.06. The number of hydrogen-bond donors (Lipinski definition) is 0. The first-order chi connectivity index (χ1) is 15.6. The highest BCUT2D eigenvalue weighted by molar-refractivity contribution is 7.98. The first-order valence-electron chi connectivity index (χ1n) is 10.2. The minimum absolute atomic E-state index is 0.138. The number of carbonyl (C=O) groups excluding carboxylic acids is 1. The van der Waals surface area contributed by atoms with Crippen LogP contribution in [0.4, 0.5) is 0 Å². The van der Waals surface area contributed by atoms with Crippen molar-refractivity contribution in [2.75, 3.05) is 20.8 Å². The molecular weight excluding hydrogens is 426 g/mol. The molecule has 0 aliphatic rings. The van der Waals surface area contributed by atoms with Gasteiger partial charge < -0.3 is 9.47 Å². The maximum atomic E-state index is 13.3. The van der Waals surface area contributed by atoms with Gasteiger partial charge in [-0.3, -0.25) is 14.3 Å². The number of ether oxygens (including phenoxy) is 2. The van der Waals surface area contributed by atoms with Gasteiger partial charge in [-0.25, -0.2) is 9.78 Å². The van der Waals surface area contributed by atoms with Crippen LogP contribution in [-0.2, 0) is 21.8 Å². The average molecular weight is 450 g/mol. The first kappa shape index (κ1) is 22.0. The SMILES string of the molecule is COCCCn1c(SCc2cccc3cccnc23)nc2cc(C(=O)OC)ccc2c1=O. The molecule has 0 radical (unpaired) electrons. The van der Waals surface area contributed by atoms with Crippen molar-refractivity contribution in [2.24, 2.45) is 0 Å². The molecule has 4 aromatic rings. The van der Waals surface area contributed by atoms with E-state index in [-0.39, 0.29) is 5.56 Å². The molecule has 8 heteroatoms. The van der Waals surface area contributed by atoms with Crippen molar-refractivity contribution in [3.8, 4) is 0 Å². The minimum Gasteiger partial charge on any atom is -0.465 e. The van der Waals surface area contributed by atoms with Crippen LogP contribution in [0.2, 0.25) is 0 Å². The zero-order chi connectivity index (χ0) is 22.5. The molecule has 0 spiro atoms. The number of pyridine rings is 1. The molecule has 0 unspecified atom stereocenters. The van der Waals surface area contributed by atoms with Gasteiger partial charge in [0.1, 0.15) is 0 Å². The van der Waals surface area contributed by atoms with Gasteiger partial charge in [0.15, 0.2) is 5.16 Å². The predicted molar refractivity (Wildman–Crippen MR) is 125 cm³/mol. The highest BCUT2D eigenvalue weighted by Crippen LogP contribution is 2.26. The van der Waals surface area contributed by atoms with E-state index < -0.39 is 5.97 Å². The number of esters is 1. The Morgan fingerprint density at radius 1 is 1.12 bits per heavy atom. The van der Waals surface area contributed by atoms with Gasteiger partial charge >= 0.3 is 5.97 Å². The topological polar surface area (TPSA) is 83.3 Å². The number of rotatable bonds is 8. The fraction of sp³-hybridized carbons (Fsp3) is 0.250. The molecule has 0 atom stereocenters. The van der Waals surface area contributed by atoms with E-state index in [9.17, 15) is 9.59 Å². The molecule has 2 aromatic carbocycles. The van der Waals surface area contributed by atoms with Crippen molar-refractivity contribution >= 4 is 39.5 Å². The van der Waals surface area contributed by atoms with E-state index in [4.69, 9.17) is 14.5 Å². The number of methoxy groups -OCH3 is 2. The third kappa shape index (κ3) is 4.51. The van der Waals surface area contributed by atoms with Gasteiger partial charge in [-0.2, -0.15) is 0 Å². The molecule has 0 aliphatic heterocycles. The summed E-state index contributed by atoms with van der Waals surface area (Å²) in [5.41, 5.74) is 2.69. The van der Waals surface area contributed by atoms with Crippen molar-refractivity contribution in [1.29, 1.82) is 0 Å². The van der Waals surface area contributed by atoms with Crippen LogP contribution in [0.25, 0.3) is 21.8 Å². The summed E-state index contributed by atoms with van der Waals surface area (Å²) in [5.74, 6) is 0.141. The molecule has 2 aromatic heterocycles. The summed E-state index contributed by atoms with van der Waals surface area (Å²) in [5, 5.41) is 2.12. The minimum atomic E-state index is -0.464. The highest BCUT2D eigenvalue weighted by Gasteiger charge is 2.15. The fourth-order valence-electron chi connectivity index (χ4n) is 3.55. The van der Waals surface area contributed by atoms with Gasteiger partial charge in [-0.15, -0.1) is 0 Å². The van der Waals surface area contributed by atoms with E-state index in [1.807, 2.05) is 30.3 Å². The lowest BCUT2D eigenvalue weighted by molar-refractivity contribution is 0.0601. The molecule has 0 fully saturated rings. The second kappa shape index (κ2) is 9.93. The van der Waals surface area contributed by atoms with Gasteiger partial charge in [-0.1, -0.05) is 36.0 Å². The van der Waals surface area contributed by atoms with E-state index >= 15 is 0 Å². The lowest BCUT2D eigenvalue weighted by Crippen LogP contribution is -2.24. The second-order valence-electron chi connectivity index (χ2n) is 7.20. The van der Waals surface area contributed by atoms with Crippen molar-refractivity contribution in [1.82, 2.24) is 14.5 Å². The van der Waals surface area contributed by atoms with E-state index in [0.717, 1.165) is 16.5 Å². The second-order valence-corrected chi connectivity index (χ2v) is 8.14. The maximum Gasteiger partial charge on any atom is 0.337 e. The normalized spacial score (nSPS) is 11.2. The molecule has 0 aliphatic carbocycles. The Morgan fingerprint density at radius 2 is 1.97 bits per heavy atom. The van der Waals surface area contributed by atoms with Crippen LogP contribution in [-0.4, -0.2) is 41.3 Å². The molecule has 0 saturated carbocycles. The Bertz CT molecular complexity index is 1330. The molecule has 32 heavy (non-hydrogen) atoms. The summed E-state index contributed by atoms with van der Waals surface area (Å²) < 4.78 is 11.6. The van der Waals surface area contributed by atoms with Crippen molar-refractivity contribution < 1.29 is 14.3 Å². The first-order valence-corrected chi connectivity index (χ1v) is 11.2. The van der Waals surface area contributed by atoms with Gasteiger partial charge in [0.2, 0.25) is 0 Å². The number of aromatic nitrogens is 3. The van der Waals surface area contributed by atoms with Crippen molar-refractivity contribution in [2.45, 2.75) is 23.9 Å². The standard InChI is InChI=1S/C24H23N3O4S/c1-30-13-5-12-27-22(28)19-10-9-17(23(29)31-2)14-20(19)26-24(27)32-15-18-7-3-6-16-8-4-11-25-21(16)18/h3-4,6-11,14H,5,12-13,15H2,1-2H3. The summed E-state index contributed by atoms with van der Waals surface area (Å²) in [6, 6.07) is 14.8. The zero-order valence-electron chi connectivity index (χ0n) is 17.9. The van der Waals surface area contributed by atoms with Crippen LogP contribution >= 0.6 is 11.8 Å². The van der Waals surface area contributed by atoms with E-state index in [1.54, 1.807) is 36.1 Å². The van der Waals surface area contributed by atoms with Gasteiger partial charge in [0.25, 0.3) is 5.56 Å². The maximum absolute atomic E-state index is 13.3. The highest BCUT2D eigenvalue weighted by atomic mass is 32.2. The number of benzene rings is 2. The molecule has 164 valence electrons. The molecule has 2 heterocycles. The number of carbonyl (C=O) groups is 1. The molecule has 0 saturated heterocycles.